The van der Waals surface area contributed by atoms with Crippen molar-refractivity contribution in [2.24, 2.45) is 0 Å². The molecule has 1 N–H and O–H groups in total. The van der Waals surface area contributed by atoms with Crippen LogP contribution in [0.25, 0.3) is 6.08 Å². The van der Waals surface area contributed by atoms with Crippen LogP contribution in [0.4, 0.5) is 5.69 Å². The Hall–Kier alpha value is -2.50. The summed E-state index contributed by atoms with van der Waals surface area (Å²) in [5.41, 5.74) is 3.63. The number of methoxy groups -OCH3 is 1. The Morgan fingerprint density at radius 1 is 1.08 bits per heavy atom. The molecule has 1 saturated heterocycles. The zero-order valence-corrected chi connectivity index (χ0v) is 14.1. The van der Waals surface area contributed by atoms with E-state index >= 15 is 0 Å². The normalized spacial score (nSPS) is 15.8. The standard InChI is InChI=1S/C17H12Cl2N2O3/c1-24-15-13(18)8-10(9-14(15)19)7-12-16(22)20-21(17(12)23)11-5-3-2-4-6-11/h2-9H,1H3,(H,20,22)/b12-7-. The molecule has 1 aliphatic heterocycles. The smallest absolute Gasteiger partial charge is 0.282 e. The molecular formula is C17H12Cl2N2O3. The van der Waals surface area contributed by atoms with Crippen molar-refractivity contribution in [3.8, 4) is 5.75 Å². The second-order valence-electron chi connectivity index (χ2n) is 4.99. The number of hydrazine groups is 1. The van der Waals surface area contributed by atoms with Gasteiger partial charge in [-0.2, -0.15) is 0 Å². The first-order valence-corrected chi connectivity index (χ1v) is 7.72. The third kappa shape index (κ3) is 2.96. The number of rotatable bonds is 3. The van der Waals surface area contributed by atoms with Crippen LogP contribution in [0.1, 0.15) is 5.56 Å². The van der Waals surface area contributed by atoms with Gasteiger partial charge in [-0.15, -0.1) is 0 Å². The topological polar surface area (TPSA) is 58.6 Å². The van der Waals surface area contributed by atoms with E-state index in [1.54, 1.807) is 36.4 Å². The van der Waals surface area contributed by atoms with Crippen molar-refractivity contribution >= 4 is 46.8 Å². The first-order chi connectivity index (χ1) is 11.5. The van der Waals surface area contributed by atoms with Crippen LogP contribution >= 0.6 is 23.2 Å². The molecule has 1 fully saturated rings. The Balaban J connectivity index is 1.96. The molecule has 1 heterocycles. The van der Waals surface area contributed by atoms with E-state index in [1.807, 2.05) is 6.07 Å². The summed E-state index contributed by atoms with van der Waals surface area (Å²) >= 11 is 12.2. The van der Waals surface area contributed by atoms with E-state index < -0.39 is 11.8 Å². The van der Waals surface area contributed by atoms with Crippen molar-refractivity contribution < 1.29 is 14.3 Å². The number of nitrogens with one attached hydrogen (secondary N) is 1. The highest BCUT2D eigenvalue weighted by molar-refractivity contribution is 6.37. The molecule has 7 heteroatoms. The van der Waals surface area contributed by atoms with Gasteiger partial charge in [-0.25, -0.2) is 5.01 Å². The Morgan fingerprint density at radius 3 is 2.29 bits per heavy atom. The highest BCUT2D eigenvalue weighted by atomic mass is 35.5. The van der Waals surface area contributed by atoms with E-state index in [2.05, 4.69) is 5.43 Å². The Bertz CT molecular complexity index is 827. The number of ether oxygens (including phenoxy) is 1. The number of benzene rings is 2. The van der Waals surface area contributed by atoms with Crippen LogP contribution in [0.5, 0.6) is 5.75 Å². The quantitative estimate of drug-likeness (QED) is 0.671. The summed E-state index contributed by atoms with van der Waals surface area (Å²) < 4.78 is 5.08. The first kappa shape index (κ1) is 16.4. The second-order valence-corrected chi connectivity index (χ2v) is 5.81. The summed E-state index contributed by atoms with van der Waals surface area (Å²) in [6.45, 7) is 0. The number of amides is 2. The summed E-state index contributed by atoms with van der Waals surface area (Å²) in [6.07, 6.45) is 1.44. The van der Waals surface area contributed by atoms with Crippen molar-refractivity contribution in [3.63, 3.8) is 0 Å². The predicted molar refractivity (Wildman–Crippen MR) is 93.1 cm³/mol. The molecule has 0 aliphatic carbocycles. The van der Waals surface area contributed by atoms with Crippen LogP contribution < -0.4 is 15.2 Å². The van der Waals surface area contributed by atoms with Crippen LogP contribution in [0.15, 0.2) is 48.0 Å². The molecule has 2 aromatic carbocycles. The molecule has 0 spiro atoms. The number of carbonyl (C=O) groups excluding carboxylic acids is 2. The lowest BCUT2D eigenvalue weighted by atomic mass is 10.1. The van der Waals surface area contributed by atoms with Gasteiger partial charge in [0.2, 0.25) is 0 Å². The van der Waals surface area contributed by atoms with Crippen LogP contribution in [0.2, 0.25) is 10.0 Å². The number of hydrogen-bond acceptors (Lipinski definition) is 3. The highest BCUT2D eigenvalue weighted by Crippen LogP contribution is 2.34. The minimum absolute atomic E-state index is 0.00356. The van der Waals surface area contributed by atoms with E-state index in [9.17, 15) is 9.59 Å². The molecule has 0 unspecified atom stereocenters. The van der Waals surface area contributed by atoms with Crippen LogP contribution in [0, 0.1) is 0 Å². The molecule has 0 saturated carbocycles. The maximum Gasteiger partial charge on any atom is 0.282 e. The molecule has 0 aromatic heterocycles. The van der Waals surface area contributed by atoms with E-state index in [1.165, 1.54) is 18.2 Å². The molecule has 1 aliphatic rings. The van der Waals surface area contributed by atoms with Crippen molar-refractivity contribution in [3.05, 3.63) is 63.6 Å². The average molecular weight is 363 g/mol. The van der Waals surface area contributed by atoms with Gasteiger partial charge in [0.15, 0.2) is 5.75 Å². The van der Waals surface area contributed by atoms with Crippen molar-refractivity contribution in [1.29, 1.82) is 0 Å². The molecule has 24 heavy (non-hydrogen) atoms. The fraction of sp³-hybridized carbons (Fsp3) is 0.0588. The summed E-state index contributed by atoms with van der Waals surface area (Å²) in [4.78, 5) is 24.6. The molecule has 2 amide bonds. The molecule has 2 aromatic rings. The molecule has 5 nitrogen and oxygen atoms in total. The largest absolute Gasteiger partial charge is 0.494 e. The Labute approximate surface area is 148 Å². The summed E-state index contributed by atoms with van der Waals surface area (Å²) in [5.74, 6) is -0.602. The third-order valence-corrected chi connectivity index (χ3v) is 4.00. The second kappa shape index (κ2) is 6.55. The summed E-state index contributed by atoms with van der Waals surface area (Å²) in [5, 5.41) is 1.78. The van der Waals surface area contributed by atoms with Crippen molar-refractivity contribution in [2.75, 3.05) is 12.1 Å². The fourth-order valence-corrected chi connectivity index (χ4v) is 3.00. The summed E-state index contributed by atoms with van der Waals surface area (Å²) in [6, 6.07) is 12.0. The van der Waals surface area contributed by atoms with Crippen molar-refractivity contribution in [1.82, 2.24) is 5.43 Å². The summed E-state index contributed by atoms with van der Waals surface area (Å²) in [7, 11) is 1.46. The molecular weight excluding hydrogens is 351 g/mol. The number of nitrogens with zero attached hydrogens (tertiary/aromatic N) is 1. The maximum absolute atomic E-state index is 12.5. The average Bonchev–Trinajstić information content (AvgIpc) is 2.84. The van der Waals surface area contributed by atoms with Gasteiger partial charge in [-0.1, -0.05) is 41.4 Å². The fourth-order valence-electron chi connectivity index (χ4n) is 2.34. The van der Waals surface area contributed by atoms with Crippen LogP contribution in [-0.2, 0) is 9.59 Å². The molecule has 0 atom stereocenters. The lowest BCUT2D eigenvalue weighted by Crippen LogP contribution is -2.35. The lowest BCUT2D eigenvalue weighted by molar-refractivity contribution is -0.117. The Kier molecular flexibility index (Phi) is 4.46. The number of halogens is 2. The van der Waals surface area contributed by atoms with E-state index in [0.717, 1.165) is 0 Å². The number of carbonyl (C=O) groups is 2. The van der Waals surface area contributed by atoms with Gasteiger partial charge in [0, 0.05) is 0 Å². The van der Waals surface area contributed by atoms with Gasteiger partial charge in [0.05, 0.1) is 22.8 Å². The van der Waals surface area contributed by atoms with Gasteiger partial charge in [-0.05, 0) is 35.9 Å². The van der Waals surface area contributed by atoms with E-state index in [-0.39, 0.29) is 5.57 Å². The predicted octanol–water partition coefficient (Wildman–Crippen LogP) is 3.46. The van der Waals surface area contributed by atoms with E-state index in [4.69, 9.17) is 27.9 Å². The minimum Gasteiger partial charge on any atom is -0.494 e. The van der Waals surface area contributed by atoms with Gasteiger partial charge in [-0.3, -0.25) is 15.0 Å². The molecule has 0 bridgehead atoms. The molecule has 122 valence electrons. The van der Waals surface area contributed by atoms with E-state index in [0.29, 0.717) is 27.0 Å². The Morgan fingerprint density at radius 2 is 1.71 bits per heavy atom. The van der Waals surface area contributed by atoms with Gasteiger partial charge in [0.25, 0.3) is 11.8 Å². The maximum atomic E-state index is 12.5. The lowest BCUT2D eigenvalue weighted by Gasteiger charge is -2.13. The monoisotopic (exact) mass is 362 g/mol. The van der Waals surface area contributed by atoms with Gasteiger partial charge >= 0.3 is 0 Å². The SMILES string of the molecule is COc1c(Cl)cc(/C=C2/C(=O)NN(c3ccccc3)C2=O)cc1Cl. The van der Waals surface area contributed by atoms with Gasteiger partial charge in [0.1, 0.15) is 5.57 Å². The minimum atomic E-state index is -0.494. The van der Waals surface area contributed by atoms with Crippen LogP contribution in [-0.4, -0.2) is 18.9 Å². The third-order valence-electron chi connectivity index (χ3n) is 3.44. The number of para-hydroxylation sites is 1. The van der Waals surface area contributed by atoms with Crippen LogP contribution in [0.3, 0.4) is 0 Å². The number of anilines is 1. The first-order valence-electron chi connectivity index (χ1n) is 6.96. The van der Waals surface area contributed by atoms with Crippen molar-refractivity contribution in [2.45, 2.75) is 0 Å². The zero-order valence-electron chi connectivity index (χ0n) is 12.5. The van der Waals surface area contributed by atoms with Gasteiger partial charge < -0.3 is 4.74 Å². The number of hydrogen-bond donors (Lipinski definition) is 1. The zero-order chi connectivity index (χ0) is 17.3. The molecule has 3 rings (SSSR count). The highest BCUT2D eigenvalue weighted by Gasteiger charge is 2.34. The molecule has 0 radical (unpaired) electrons.